The van der Waals surface area contributed by atoms with Crippen LogP contribution < -0.4 is 5.32 Å². The van der Waals surface area contributed by atoms with Crippen molar-refractivity contribution in [3.8, 4) is 0 Å². The number of carbonyl (C=O) groups is 1. The Morgan fingerprint density at radius 2 is 2.27 bits per heavy atom. The van der Waals surface area contributed by atoms with Crippen LogP contribution in [0.5, 0.6) is 0 Å². The SMILES string of the molecule is O=C(NCCOCCCl)c1ccc(Cl)o1. The summed E-state index contributed by atoms with van der Waals surface area (Å²) in [6, 6.07) is 3.03. The van der Waals surface area contributed by atoms with Gasteiger partial charge in [-0.15, -0.1) is 11.6 Å². The Morgan fingerprint density at radius 3 is 2.87 bits per heavy atom. The molecule has 84 valence electrons. The molecule has 1 N–H and O–H groups in total. The van der Waals surface area contributed by atoms with Gasteiger partial charge < -0.3 is 14.5 Å². The zero-order valence-electron chi connectivity index (χ0n) is 7.96. The van der Waals surface area contributed by atoms with Gasteiger partial charge in [0.25, 0.3) is 5.91 Å². The van der Waals surface area contributed by atoms with Crippen molar-refractivity contribution in [2.75, 3.05) is 25.6 Å². The Morgan fingerprint density at radius 1 is 1.47 bits per heavy atom. The number of ether oxygens (including phenoxy) is 1. The average molecular weight is 252 g/mol. The highest BCUT2D eigenvalue weighted by atomic mass is 35.5. The zero-order chi connectivity index (χ0) is 11.1. The maximum absolute atomic E-state index is 11.3. The molecule has 0 fully saturated rings. The minimum Gasteiger partial charge on any atom is -0.440 e. The first-order valence-electron chi connectivity index (χ1n) is 4.41. The van der Waals surface area contributed by atoms with Crippen molar-refractivity contribution in [2.24, 2.45) is 0 Å². The van der Waals surface area contributed by atoms with E-state index in [4.69, 9.17) is 32.4 Å². The minimum atomic E-state index is -0.309. The molecule has 6 heteroatoms. The first kappa shape index (κ1) is 12.4. The Bertz CT molecular complexity index is 314. The maximum atomic E-state index is 11.3. The predicted molar refractivity (Wildman–Crippen MR) is 57.6 cm³/mol. The maximum Gasteiger partial charge on any atom is 0.287 e. The Hall–Kier alpha value is -0.710. The number of hydrogen-bond donors (Lipinski definition) is 1. The molecule has 0 spiro atoms. The van der Waals surface area contributed by atoms with Crippen LogP contribution in [0.3, 0.4) is 0 Å². The van der Waals surface area contributed by atoms with Gasteiger partial charge >= 0.3 is 0 Å². The molecule has 1 aromatic heterocycles. The highest BCUT2D eigenvalue weighted by molar-refractivity contribution is 6.29. The lowest BCUT2D eigenvalue weighted by molar-refractivity contribution is 0.0896. The molecule has 0 unspecified atom stereocenters. The summed E-state index contributed by atoms with van der Waals surface area (Å²) in [5.74, 6) is 0.329. The summed E-state index contributed by atoms with van der Waals surface area (Å²) in [5.41, 5.74) is 0. The molecule has 0 saturated heterocycles. The second kappa shape index (κ2) is 6.71. The van der Waals surface area contributed by atoms with Crippen LogP contribution in [0, 0.1) is 0 Å². The molecule has 0 bridgehead atoms. The summed E-state index contributed by atoms with van der Waals surface area (Å²) in [6.07, 6.45) is 0. The van der Waals surface area contributed by atoms with Crippen LogP contribution in [-0.2, 0) is 4.74 Å². The van der Waals surface area contributed by atoms with E-state index in [9.17, 15) is 4.79 Å². The van der Waals surface area contributed by atoms with Crippen molar-refractivity contribution in [1.82, 2.24) is 5.32 Å². The van der Waals surface area contributed by atoms with Crippen molar-refractivity contribution in [1.29, 1.82) is 0 Å². The van der Waals surface area contributed by atoms with Gasteiger partial charge in [0, 0.05) is 12.4 Å². The van der Waals surface area contributed by atoms with Gasteiger partial charge in [0.1, 0.15) is 0 Å². The molecule has 1 aromatic rings. The number of amides is 1. The van der Waals surface area contributed by atoms with Gasteiger partial charge in [-0.05, 0) is 23.7 Å². The molecule has 1 amide bonds. The van der Waals surface area contributed by atoms with Gasteiger partial charge in [-0.25, -0.2) is 0 Å². The highest BCUT2D eigenvalue weighted by Gasteiger charge is 2.08. The van der Waals surface area contributed by atoms with E-state index >= 15 is 0 Å². The minimum absolute atomic E-state index is 0.192. The summed E-state index contributed by atoms with van der Waals surface area (Å²) >= 11 is 10.9. The zero-order valence-corrected chi connectivity index (χ0v) is 9.48. The van der Waals surface area contributed by atoms with E-state index in [0.29, 0.717) is 25.6 Å². The van der Waals surface area contributed by atoms with Crippen molar-refractivity contribution in [2.45, 2.75) is 0 Å². The highest BCUT2D eigenvalue weighted by Crippen LogP contribution is 2.12. The molecule has 0 atom stereocenters. The van der Waals surface area contributed by atoms with Gasteiger partial charge in [-0.1, -0.05) is 0 Å². The number of furan rings is 1. The molecule has 0 aliphatic rings. The second-order valence-corrected chi connectivity index (χ2v) is 3.41. The lowest BCUT2D eigenvalue weighted by atomic mass is 10.4. The molecule has 0 aliphatic carbocycles. The van der Waals surface area contributed by atoms with E-state index < -0.39 is 0 Å². The molecule has 15 heavy (non-hydrogen) atoms. The third-order valence-electron chi connectivity index (χ3n) is 1.55. The fourth-order valence-corrected chi connectivity index (χ4v) is 1.17. The Balaban J connectivity index is 2.19. The van der Waals surface area contributed by atoms with Crippen LogP contribution in [-0.4, -0.2) is 31.5 Å². The van der Waals surface area contributed by atoms with Crippen LogP contribution in [0.4, 0.5) is 0 Å². The van der Waals surface area contributed by atoms with Crippen LogP contribution in [0.15, 0.2) is 16.5 Å². The van der Waals surface area contributed by atoms with Crippen molar-refractivity contribution in [3.05, 3.63) is 23.1 Å². The van der Waals surface area contributed by atoms with E-state index in [0.717, 1.165) is 0 Å². The number of nitrogens with one attached hydrogen (secondary N) is 1. The Kier molecular flexibility index (Phi) is 5.53. The average Bonchev–Trinajstić information content (AvgIpc) is 2.64. The monoisotopic (exact) mass is 251 g/mol. The quantitative estimate of drug-likeness (QED) is 0.621. The van der Waals surface area contributed by atoms with Gasteiger partial charge in [0.15, 0.2) is 11.0 Å². The first-order valence-corrected chi connectivity index (χ1v) is 5.32. The van der Waals surface area contributed by atoms with Crippen molar-refractivity contribution >= 4 is 29.1 Å². The molecular formula is C9H11Cl2NO3. The lowest BCUT2D eigenvalue weighted by Gasteiger charge is -2.03. The number of rotatable bonds is 6. The molecule has 0 aromatic carbocycles. The summed E-state index contributed by atoms with van der Waals surface area (Å²) in [4.78, 5) is 11.3. The van der Waals surface area contributed by atoms with Gasteiger partial charge in [-0.2, -0.15) is 0 Å². The first-order chi connectivity index (χ1) is 7.24. The number of hydrogen-bond acceptors (Lipinski definition) is 3. The van der Waals surface area contributed by atoms with E-state index in [1.807, 2.05) is 0 Å². The topological polar surface area (TPSA) is 51.5 Å². The van der Waals surface area contributed by atoms with Gasteiger partial charge in [0.05, 0.1) is 13.2 Å². The van der Waals surface area contributed by atoms with Crippen LogP contribution >= 0.6 is 23.2 Å². The lowest BCUT2D eigenvalue weighted by Crippen LogP contribution is -2.27. The number of alkyl halides is 1. The van der Waals surface area contributed by atoms with Crippen LogP contribution in [0.1, 0.15) is 10.6 Å². The fraction of sp³-hybridized carbons (Fsp3) is 0.444. The number of carbonyl (C=O) groups excluding carboxylic acids is 1. The van der Waals surface area contributed by atoms with E-state index in [-0.39, 0.29) is 16.9 Å². The number of halogens is 2. The summed E-state index contributed by atoms with van der Waals surface area (Å²) < 4.78 is 9.99. The normalized spacial score (nSPS) is 10.3. The van der Waals surface area contributed by atoms with Crippen LogP contribution in [0.2, 0.25) is 5.22 Å². The molecule has 1 heterocycles. The van der Waals surface area contributed by atoms with Crippen molar-refractivity contribution < 1.29 is 13.9 Å². The smallest absolute Gasteiger partial charge is 0.287 e. The van der Waals surface area contributed by atoms with Gasteiger partial charge in [-0.3, -0.25) is 4.79 Å². The molecule has 0 radical (unpaired) electrons. The molecule has 0 saturated carbocycles. The molecule has 4 nitrogen and oxygen atoms in total. The predicted octanol–water partition coefficient (Wildman–Crippen LogP) is 1.92. The van der Waals surface area contributed by atoms with Gasteiger partial charge in [0.2, 0.25) is 0 Å². The largest absolute Gasteiger partial charge is 0.440 e. The molecule has 1 rings (SSSR count). The summed E-state index contributed by atoms with van der Waals surface area (Å²) in [6.45, 7) is 1.31. The summed E-state index contributed by atoms with van der Waals surface area (Å²) in [7, 11) is 0. The Labute approximate surface area is 97.5 Å². The molecular weight excluding hydrogens is 241 g/mol. The van der Waals surface area contributed by atoms with Crippen LogP contribution in [0.25, 0.3) is 0 Å². The third kappa shape index (κ3) is 4.55. The standard InChI is InChI=1S/C9H11Cl2NO3/c10-3-5-14-6-4-12-9(13)7-1-2-8(11)15-7/h1-2H,3-6H2,(H,12,13). The van der Waals surface area contributed by atoms with Crippen molar-refractivity contribution in [3.63, 3.8) is 0 Å². The van der Waals surface area contributed by atoms with E-state index in [2.05, 4.69) is 5.32 Å². The van der Waals surface area contributed by atoms with E-state index in [1.165, 1.54) is 12.1 Å². The fourth-order valence-electron chi connectivity index (χ4n) is 0.917. The third-order valence-corrected chi connectivity index (χ3v) is 1.91. The van der Waals surface area contributed by atoms with E-state index in [1.54, 1.807) is 0 Å². The summed E-state index contributed by atoms with van der Waals surface area (Å²) in [5, 5.41) is 2.80. The second-order valence-electron chi connectivity index (χ2n) is 2.66. The molecule has 0 aliphatic heterocycles.